The van der Waals surface area contributed by atoms with Gasteiger partial charge in [-0.25, -0.2) is 0 Å². The molecule has 1 aromatic heterocycles. The van der Waals surface area contributed by atoms with E-state index >= 15 is 0 Å². The van der Waals surface area contributed by atoms with E-state index in [1.165, 1.54) is 0 Å². The standard InChI is InChI=1S/C9H15N3O2/c1-5-6(2)12-14-9(5)11-8(13)7(3)10-4/h7,10H,1-4H3,(H,11,13). The number of amides is 1. The van der Waals surface area contributed by atoms with Crippen LogP contribution in [0.1, 0.15) is 18.2 Å². The number of likely N-dealkylation sites (N-methyl/N-ethyl adjacent to an activating group) is 1. The van der Waals surface area contributed by atoms with Crippen LogP contribution in [0.4, 0.5) is 5.88 Å². The van der Waals surface area contributed by atoms with Crippen molar-refractivity contribution in [1.82, 2.24) is 10.5 Å². The lowest BCUT2D eigenvalue weighted by atomic mass is 10.2. The molecule has 0 fully saturated rings. The summed E-state index contributed by atoms with van der Waals surface area (Å²) >= 11 is 0. The molecule has 2 N–H and O–H groups in total. The molecule has 1 rings (SSSR count). The minimum Gasteiger partial charge on any atom is -0.338 e. The summed E-state index contributed by atoms with van der Waals surface area (Å²) in [5, 5.41) is 9.23. The molecule has 1 unspecified atom stereocenters. The van der Waals surface area contributed by atoms with Crippen LogP contribution in [0.25, 0.3) is 0 Å². The Morgan fingerprint density at radius 1 is 1.50 bits per heavy atom. The number of aryl methyl sites for hydroxylation is 1. The van der Waals surface area contributed by atoms with Gasteiger partial charge >= 0.3 is 0 Å². The molecule has 78 valence electrons. The zero-order valence-corrected chi connectivity index (χ0v) is 8.84. The fourth-order valence-corrected chi connectivity index (χ4v) is 0.883. The van der Waals surface area contributed by atoms with Crippen LogP contribution in [-0.2, 0) is 4.79 Å². The molecule has 0 aliphatic rings. The molecule has 0 bridgehead atoms. The van der Waals surface area contributed by atoms with Crippen molar-refractivity contribution in [2.24, 2.45) is 0 Å². The lowest BCUT2D eigenvalue weighted by Gasteiger charge is -2.08. The quantitative estimate of drug-likeness (QED) is 0.753. The third-order valence-electron chi connectivity index (χ3n) is 2.22. The number of rotatable bonds is 3. The first kappa shape index (κ1) is 10.7. The second kappa shape index (κ2) is 4.23. The Labute approximate surface area is 82.8 Å². The van der Waals surface area contributed by atoms with E-state index in [0.717, 1.165) is 11.3 Å². The fourth-order valence-electron chi connectivity index (χ4n) is 0.883. The zero-order chi connectivity index (χ0) is 10.7. The summed E-state index contributed by atoms with van der Waals surface area (Å²) in [6, 6.07) is -0.250. The third-order valence-corrected chi connectivity index (χ3v) is 2.22. The van der Waals surface area contributed by atoms with E-state index in [4.69, 9.17) is 4.52 Å². The number of anilines is 1. The van der Waals surface area contributed by atoms with Gasteiger partial charge in [-0.2, -0.15) is 0 Å². The van der Waals surface area contributed by atoms with Crippen LogP contribution in [0.15, 0.2) is 4.52 Å². The molecule has 14 heavy (non-hydrogen) atoms. The number of hydrogen-bond acceptors (Lipinski definition) is 4. The SMILES string of the molecule is CNC(C)C(=O)Nc1onc(C)c1C. The van der Waals surface area contributed by atoms with Crippen molar-refractivity contribution >= 4 is 11.8 Å². The highest BCUT2D eigenvalue weighted by Gasteiger charge is 2.15. The summed E-state index contributed by atoms with van der Waals surface area (Å²) in [6.45, 7) is 5.45. The van der Waals surface area contributed by atoms with E-state index < -0.39 is 0 Å². The topological polar surface area (TPSA) is 67.2 Å². The average molecular weight is 197 g/mol. The van der Waals surface area contributed by atoms with Crippen molar-refractivity contribution in [3.8, 4) is 0 Å². The lowest BCUT2D eigenvalue weighted by molar-refractivity contribution is -0.117. The summed E-state index contributed by atoms with van der Waals surface area (Å²) < 4.78 is 4.95. The normalized spacial score (nSPS) is 12.6. The molecule has 0 radical (unpaired) electrons. The molecule has 0 aliphatic heterocycles. The Balaban J connectivity index is 2.70. The molecular weight excluding hydrogens is 182 g/mol. The molecule has 5 nitrogen and oxygen atoms in total. The van der Waals surface area contributed by atoms with Crippen molar-refractivity contribution in [2.45, 2.75) is 26.8 Å². The van der Waals surface area contributed by atoms with Crippen LogP contribution in [-0.4, -0.2) is 24.2 Å². The first-order chi connectivity index (χ1) is 6.56. The maximum atomic E-state index is 11.4. The molecule has 0 aromatic carbocycles. The second-order valence-corrected chi connectivity index (χ2v) is 3.22. The summed E-state index contributed by atoms with van der Waals surface area (Å²) in [4.78, 5) is 11.4. The van der Waals surface area contributed by atoms with Crippen LogP contribution in [0, 0.1) is 13.8 Å². The lowest BCUT2D eigenvalue weighted by Crippen LogP contribution is -2.35. The zero-order valence-electron chi connectivity index (χ0n) is 8.84. The molecule has 0 spiro atoms. The number of hydrogen-bond donors (Lipinski definition) is 2. The number of nitrogens with one attached hydrogen (secondary N) is 2. The van der Waals surface area contributed by atoms with Gasteiger partial charge in [-0.3, -0.25) is 10.1 Å². The van der Waals surface area contributed by atoms with E-state index in [0.29, 0.717) is 5.88 Å². The van der Waals surface area contributed by atoms with Gasteiger partial charge < -0.3 is 9.84 Å². The van der Waals surface area contributed by atoms with E-state index in [2.05, 4.69) is 15.8 Å². The van der Waals surface area contributed by atoms with Crippen LogP contribution in [0.3, 0.4) is 0 Å². The summed E-state index contributed by atoms with van der Waals surface area (Å²) in [5.41, 5.74) is 1.65. The first-order valence-corrected chi connectivity index (χ1v) is 4.47. The Morgan fingerprint density at radius 2 is 2.14 bits per heavy atom. The maximum Gasteiger partial charge on any atom is 0.243 e. The predicted octanol–water partition coefficient (Wildman–Crippen LogP) is 0.838. The van der Waals surface area contributed by atoms with E-state index in [1.807, 2.05) is 13.8 Å². The van der Waals surface area contributed by atoms with Crippen LogP contribution < -0.4 is 10.6 Å². The van der Waals surface area contributed by atoms with E-state index in [9.17, 15) is 4.79 Å². The number of carbonyl (C=O) groups is 1. The monoisotopic (exact) mass is 197 g/mol. The molecule has 1 aromatic rings. The molecule has 0 saturated heterocycles. The average Bonchev–Trinajstić information content (AvgIpc) is 2.48. The van der Waals surface area contributed by atoms with Crippen LogP contribution in [0.2, 0.25) is 0 Å². The Bertz CT molecular complexity index is 333. The highest BCUT2D eigenvalue weighted by atomic mass is 16.5. The van der Waals surface area contributed by atoms with Crippen molar-refractivity contribution in [1.29, 1.82) is 0 Å². The number of aromatic nitrogens is 1. The van der Waals surface area contributed by atoms with Crippen molar-refractivity contribution in [3.63, 3.8) is 0 Å². The molecule has 1 amide bonds. The smallest absolute Gasteiger partial charge is 0.243 e. The minimum atomic E-state index is -0.250. The Hall–Kier alpha value is -1.36. The Kier molecular flexibility index (Phi) is 3.24. The van der Waals surface area contributed by atoms with Gasteiger partial charge in [-0.15, -0.1) is 0 Å². The highest BCUT2D eigenvalue weighted by Crippen LogP contribution is 2.17. The van der Waals surface area contributed by atoms with Gasteiger partial charge in [0.05, 0.1) is 11.7 Å². The van der Waals surface area contributed by atoms with E-state index in [-0.39, 0.29) is 11.9 Å². The summed E-state index contributed by atoms with van der Waals surface area (Å²) in [6.07, 6.45) is 0. The van der Waals surface area contributed by atoms with E-state index in [1.54, 1.807) is 14.0 Å². The molecule has 1 atom stereocenters. The van der Waals surface area contributed by atoms with Gasteiger partial charge in [0.1, 0.15) is 0 Å². The van der Waals surface area contributed by atoms with Gasteiger partial charge in [0.2, 0.25) is 11.8 Å². The summed E-state index contributed by atoms with van der Waals surface area (Å²) in [7, 11) is 1.72. The third kappa shape index (κ3) is 2.11. The molecule has 5 heteroatoms. The van der Waals surface area contributed by atoms with Crippen LogP contribution >= 0.6 is 0 Å². The predicted molar refractivity (Wildman–Crippen MR) is 53.1 cm³/mol. The minimum absolute atomic E-state index is 0.133. The second-order valence-electron chi connectivity index (χ2n) is 3.22. The van der Waals surface area contributed by atoms with Crippen molar-refractivity contribution < 1.29 is 9.32 Å². The first-order valence-electron chi connectivity index (χ1n) is 4.47. The number of carbonyl (C=O) groups excluding carboxylic acids is 1. The van der Waals surface area contributed by atoms with Gasteiger partial charge in [-0.1, -0.05) is 5.16 Å². The number of nitrogens with zero attached hydrogens (tertiary/aromatic N) is 1. The van der Waals surface area contributed by atoms with Crippen molar-refractivity contribution in [3.05, 3.63) is 11.3 Å². The fraction of sp³-hybridized carbons (Fsp3) is 0.556. The van der Waals surface area contributed by atoms with Crippen LogP contribution in [0.5, 0.6) is 0 Å². The van der Waals surface area contributed by atoms with Gasteiger partial charge in [0.15, 0.2) is 0 Å². The highest BCUT2D eigenvalue weighted by molar-refractivity contribution is 5.93. The molecule has 1 heterocycles. The Morgan fingerprint density at radius 3 is 2.57 bits per heavy atom. The summed E-state index contributed by atoms with van der Waals surface area (Å²) in [5.74, 6) is 0.293. The van der Waals surface area contributed by atoms with Crippen molar-refractivity contribution in [2.75, 3.05) is 12.4 Å². The molecule has 0 saturated carbocycles. The largest absolute Gasteiger partial charge is 0.338 e. The maximum absolute atomic E-state index is 11.4. The van der Waals surface area contributed by atoms with Gasteiger partial charge in [-0.05, 0) is 27.8 Å². The van der Waals surface area contributed by atoms with Gasteiger partial charge in [0.25, 0.3) is 0 Å². The van der Waals surface area contributed by atoms with Gasteiger partial charge in [0, 0.05) is 5.56 Å². The molecule has 0 aliphatic carbocycles. The molecular formula is C9H15N3O2.